The summed E-state index contributed by atoms with van der Waals surface area (Å²) < 4.78 is 27.3. The Morgan fingerprint density at radius 1 is 1.22 bits per heavy atom. The minimum Gasteiger partial charge on any atom is -0.355 e. The van der Waals surface area contributed by atoms with Crippen molar-refractivity contribution in [2.45, 2.75) is 32.2 Å². The molecule has 0 aliphatic carbocycles. The molecule has 3 rings (SSSR count). The van der Waals surface area contributed by atoms with Crippen LogP contribution in [0, 0.1) is 18.6 Å². The van der Waals surface area contributed by atoms with Gasteiger partial charge in [0.1, 0.15) is 5.82 Å². The predicted octanol–water partition coefficient (Wildman–Crippen LogP) is 3.05. The highest BCUT2D eigenvalue weighted by molar-refractivity contribution is 5.63. The first-order valence-electron chi connectivity index (χ1n) is 7.69. The fourth-order valence-corrected chi connectivity index (χ4v) is 2.82. The van der Waals surface area contributed by atoms with Crippen LogP contribution in [0.15, 0.2) is 24.4 Å². The molecule has 122 valence electrons. The maximum absolute atomic E-state index is 13.9. The number of halogens is 2. The normalized spacial score (nSPS) is 17.3. The molecule has 1 aromatic heterocycles. The molecule has 1 aromatic carbocycles. The highest BCUT2D eigenvalue weighted by atomic mass is 19.2. The molecular weight excluding hydrogens is 298 g/mol. The fraction of sp³-hybridized carbons (Fsp3) is 0.412. The van der Waals surface area contributed by atoms with Crippen LogP contribution in [0.4, 0.5) is 14.6 Å². The molecule has 0 spiro atoms. The van der Waals surface area contributed by atoms with Crippen molar-refractivity contribution in [2.75, 3.05) is 18.0 Å². The molecule has 23 heavy (non-hydrogen) atoms. The van der Waals surface area contributed by atoms with E-state index >= 15 is 0 Å². The second kappa shape index (κ2) is 5.85. The molecule has 1 saturated heterocycles. The van der Waals surface area contributed by atoms with Gasteiger partial charge in [-0.3, -0.25) is 4.98 Å². The second-order valence-electron chi connectivity index (χ2n) is 6.40. The largest absolute Gasteiger partial charge is 0.355 e. The Labute approximate surface area is 134 Å². The molecule has 2 N–H and O–H groups in total. The summed E-state index contributed by atoms with van der Waals surface area (Å²) in [6.45, 7) is 5.44. The van der Waals surface area contributed by atoms with Gasteiger partial charge in [0.05, 0.1) is 17.6 Å². The summed E-state index contributed by atoms with van der Waals surface area (Å²) in [6.07, 6.45) is 3.38. The molecule has 0 unspecified atom stereocenters. The topological polar surface area (TPSA) is 55.0 Å². The molecule has 0 bridgehead atoms. The fourth-order valence-electron chi connectivity index (χ4n) is 2.82. The molecule has 6 heteroatoms. The summed E-state index contributed by atoms with van der Waals surface area (Å²) in [5.41, 5.74) is 7.08. The molecular formula is C17H20F2N4. The van der Waals surface area contributed by atoms with Gasteiger partial charge >= 0.3 is 0 Å². The zero-order chi connectivity index (χ0) is 16.6. The molecule has 4 nitrogen and oxygen atoms in total. The third-order valence-corrected chi connectivity index (χ3v) is 4.37. The smallest absolute Gasteiger partial charge is 0.168 e. The van der Waals surface area contributed by atoms with Crippen molar-refractivity contribution in [2.24, 2.45) is 5.73 Å². The quantitative estimate of drug-likeness (QED) is 0.924. The van der Waals surface area contributed by atoms with Crippen LogP contribution in [-0.2, 0) is 0 Å². The van der Waals surface area contributed by atoms with Gasteiger partial charge in [0.2, 0.25) is 0 Å². The molecule has 2 heterocycles. The Balaban J connectivity index is 1.88. The molecule has 2 aromatic rings. The van der Waals surface area contributed by atoms with E-state index in [2.05, 4.69) is 21.8 Å². The van der Waals surface area contributed by atoms with Crippen LogP contribution in [0.1, 0.15) is 25.5 Å². The molecule has 1 aliphatic rings. The lowest BCUT2D eigenvalue weighted by Crippen LogP contribution is -2.48. The van der Waals surface area contributed by atoms with Crippen molar-refractivity contribution < 1.29 is 8.78 Å². The molecule has 1 aliphatic heterocycles. The van der Waals surface area contributed by atoms with E-state index in [0.717, 1.165) is 37.8 Å². The van der Waals surface area contributed by atoms with Gasteiger partial charge in [0.15, 0.2) is 11.6 Å². The third-order valence-electron chi connectivity index (χ3n) is 4.37. The van der Waals surface area contributed by atoms with Crippen LogP contribution in [0.5, 0.6) is 0 Å². The minimum absolute atomic E-state index is 0.134. The maximum Gasteiger partial charge on any atom is 0.168 e. The predicted molar refractivity (Wildman–Crippen MR) is 86.2 cm³/mol. The number of nitrogens with zero attached hydrogens (tertiary/aromatic N) is 3. The number of aryl methyl sites for hydroxylation is 1. The van der Waals surface area contributed by atoms with Gasteiger partial charge < -0.3 is 10.6 Å². The number of benzene rings is 1. The van der Waals surface area contributed by atoms with E-state index < -0.39 is 11.6 Å². The number of nitrogens with two attached hydrogens (primary N) is 1. The minimum atomic E-state index is -0.894. The van der Waals surface area contributed by atoms with E-state index in [9.17, 15) is 8.78 Å². The van der Waals surface area contributed by atoms with E-state index in [1.807, 2.05) is 0 Å². The second-order valence-corrected chi connectivity index (χ2v) is 6.40. The van der Waals surface area contributed by atoms with E-state index in [0.29, 0.717) is 11.4 Å². The van der Waals surface area contributed by atoms with E-state index in [1.165, 1.54) is 12.1 Å². The highest BCUT2D eigenvalue weighted by Gasteiger charge is 2.27. The summed E-state index contributed by atoms with van der Waals surface area (Å²) in [5.74, 6) is -1.03. The van der Waals surface area contributed by atoms with Gasteiger partial charge in [-0.05, 0) is 38.8 Å². The van der Waals surface area contributed by atoms with Gasteiger partial charge in [-0.25, -0.2) is 13.8 Å². The molecule has 0 radical (unpaired) electrons. The van der Waals surface area contributed by atoms with Crippen LogP contribution in [-0.4, -0.2) is 28.6 Å². The monoisotopic (exact) mass is 318 g/mol. The van der Waals surface area contributed by atoms with Crippen molar-refractivity contribution in [1.29, 1.82) is 0 Å². The first-order valence-corrected chi connectivity index (χ1v) is 7.69. The lowest BCUT2D eigenvalue weighted by atomic mass is 9.91. The maximum atomic E-state index is 13.9. The van der Waals surface area contributed by atoms with Crippen molar-refractivity contribution in [1.82, 2.24) is 9.97 Å². The van der Waals surface area contributed by atoms with Crippen LogP contribution >= 0.6 is 0 Å². The Morgan fingerprint density at radius 3 is 2.57 bits per heavy atom. The number of piperidine rings is 1. The van der Waals surface area contributed by atoms with Gasteiger partial charge in [-0.15, -0.1) is 0 Å². The van der Waals surface area contributed by atoms with E-state index in [1.54, 1.807) is 13.1 Å². The summed E-state index contributed by atoms with van der Waals surface area (Å²) >= 11 is 0. The number of hydrogen-bond donors (Lipinski definition) is 1. The number of hydrogen-bond acceptors (Lipinski definition) is 4. The van der Waals surface area contributed by atoms with Crippen molar-refractivity contribution in [3.05, 3.63) is 41.7 Å². The molecule has 0 saturated carbocycles. The average molecular weight is 318 g/mol. The summed E-state index contributed by atoms with van der Waals surface area (Å²) in [6, 6.07) is 4.07. The lowest BCUT2D eigenvalue weighted by molar-refractivity contribution is 0.363. The first kappa shape index (κ1) is 15.8. The SMILES string of the molecule is Cc1nc(N2CCC(C)(N)CC2)cnc1-c1cccc(F)c1F. The first-order chi connectivity index (χ1) is 10.9. The zero-order valence-corrected chi connectivity index (χ0v) is 13.3. The lowest BCUT2D eigenvalue weighted by Gasteiger charge is -2.37. The van der Waals surface area contributed by atoms with E-state index in [4.69, 9.17) is 5.73 Å². The van der Waals surface area contributed by atoms with Crippen molar-refractivity contribution in [3.8, 4) is 11.3 Å². The molecule has 0 atom stereocenters. The van der Waals surface area contributed by atoms with Crippen molar-refractivity contribution >= 4 is 5.82 Å². The van der Waals surface area contributed by atoms with Crippen LogP contribution in [0.3, 0.4) is 0 Å². The van der Waals surface area contributed by atoms with Gasteiger partial charge in [-0.2, -0.15) is 0 Å². The Kier molecular flexibility index (Phi) is 4.02. The standard InChI is InChI=1S/C17H20F2N4/c1-11-16(12-4-3-5-13(18)15(12)19)21-10-14(22-11)23-8-6-17(2,20)7-9-23/h3-5,10H,6-9,20H2,1-2H3. The number of anilines is 1. The Hall–Kier alpha value is -2.08. The Morgan fingerprint density at radius 2 is 1.91 bits per heavy atom. The van der Waals surface area contributed by atoms with Crippen LogP contribution in [0.25, 0.3) is 11.3 Å². The molecule has 0 amide bonds. The highest BCUT2D eigenvalue weighted by Crippen LogP contribution is 2.28. The summed E-state index contributed by atoms with van der Waals surface area (Å²) in [4.78, 5) is 11.0. The van der Waals surface area contributed by atoms with Gasteiger partial charge in [0.25, 0.3) is 0 Å². The zero-order valence-electron chi connectivity index (χ0n) is 13.3. The van der Waals surface area contributed by atoms with E-state index in [-0.39, 0.29) is 11.1 Å². The van der Waals surface area contributed by atoms with Gasteiger partial charge in [-0.1, -0.05) is 6.07 Å². The Bertz CT molecular complexity index is 721. The molecule has 1 fully saturated rings. The number of rotatable bonds is 2. The summed E-state index contributed by atoms with van der Waals surface area (Å²) in [7, 11) is 0. The number of aromatic nitrogens is 2. The van der Waals surface area contributed by atoms with Crippen molar-refractivity contribution in [3.63, 3.8) is 0 Å². The van der Waals surface area contributed by atoms with Crippen LogP contribution < -0.4 is 10.6 Å². The van der Waals surface area contributed by atoms with Gasteiger partial charge in [0, 0.05) is 24.2 Å². The average Bonchev–Trinajstić information content (AvgIpc) is 2.50. The third kappa shape index (κ3) is 3.17. The van der Waals surface area contributed by atoms with Crippen LogP contribution in [0.2, 0.25) is 0 Å². The summed E-state index contributed by atoms with van der Waals surface area (Å²) in [5, 5.41) is 0.